The Hall–Kier alpha value is -4.03. The Bertz CT molecular complexity index is 1200. The fraction of sp³-hybridized carbons (Fsp3) is 0.250. The molecule has 0 unspecified atom stereocenters. The number of aromatic nitrogens is 2. The molecule has 0 atom stereocenters. The van der Waals surface area contributed by atoms with Crippen molar-refractivity contribution in [2.75, 3.05) is 43.5 Å². The maximum atomic E-state index is 12.9. The van der Waals surface area contributed by atoms with Crippen LogP contribution in [-0.4, -0.2) is 65.9 Å². The fourth-order valence-electron chi connectivity index (χ4n) is 3.50. The van der Waals surface area contributed by atoms with Gasteiger partial charge in [0.15, 0.2) is 5.75 Å². The van der Waals surface area contributed by atoms with E-state index in [0.717, 1.165) is 29.3 Å². The van der Waals surface area contributed by atoms with Gasteiger partial charge in [0, 0.05) is 48.4 Å². The van der Waals surface area contributed by atoms with Crippen molar-refractivity contribution in [2.45, 2.75) is 6.36 Å². The predicted octanol–water partition coefficient (Wildman–Crippen LogP) is 3.57. The molecular weight excluding hydrogens is 479 g/mol. The van der Waals surface area contributed by atoms with Crippen LogP contribution in [0.25, 0.3) is 11.1 Å². The number of hydrogen-bond acceptors (Lipinski definition) is 7. The fourth-order valence-corrected chi connectivity index (χ4v) is 3.50. The number of amides is 2. The number of anilines is 2. The topological polar surface area (TPSA) is 106 Å². The molecule has 36 heavy (non-hydrogen) atoms. The summed E-state index contributed by atoms with van der Waals surface area (Å²) in [6.07, 6.45) is -0.0951. The van der Waals surface area contributed by atoms with Crippen molar-refractivity contribution in [3.63, 3.8) is 0 Å². The minimum atomic E-state index is -4.98. The molecule has 1 aromatic carbocycles. The number of ether oxygens (including phenoxy) is 2. The van der Waals surface area contributed by atoms with Crippen LogP contribution in [0.3, 0.4) is 0 Å². The lowest BCUT2D eigenvalue weighted by molar-refractivity contribution is -0.274. The molecule has 2 amide bonds. The van der Waals surface area contributed by atoms with Gasteiger partial charge in [-0.3, -0.25) is 19.5 Å². The monoisotopic (exact) mass is 501 g/mol. The van der Waals surface area contributed by atoms with Gasteiger partial charge in [-0.05, 0) is 36.4 Å². The maximum Gasteiger partial charge on any atom is 0.573 e. The molecule has 3 aromatic rings. The third-order valence-corrected chi connectivity index (χ3v) is 5.21. The molecular formula is C24H22F3N5O4. The number of rotatable bonds is 7. The zero-order valence-corrected chi connectivity index (χ0v) is 18.9. The average Bonchev–Trinajstić information content (AvgIpc) is 2.86. The van der Waals surface area contributed by atoms with E-state index in [2.05, 4.69) is 25.3 Å². The van der Waals surface area contributed by atoms with Crippen LogP contribution in [0.5, 0.6) is 5.75 Å². The second kappa shape index (κ2) is 11.1. The zero-order valence-electron chi connectivity index (χ0n) is 18.9. The molecule has 9 nitrogen and oxygen atoms in total. The summed E-state index contributed by atoms with van der Waals surface area (Å²) in [5, 5.41) is 5.00. The van der Waals surface area contributed by atoms with E-state index in [4.69, 9.17) is 4.74 Å². The molecule has 1 aliphatic heterocycles. The van der Waals surface area contributed by atoms with Gasteiger partial charge in [0.2, 0.25) is 5.91 Å². The molecule has 2 aromatic heterocycles. The third kappa shape index (κ3) is 6.99. The van der Waals surface area contributed by atoms with Gasteiger partial charge in [0.1, 0.15) is 5.82 Å². The Morgan fingerprint density at radius 3 is 2.47 bits per heavy atom. The van der Waals surface area contributed by atoms with Gasteiger partial charge in [0.25, 0.3) is 5.91 Å². The summed E-state index contributed by atoms with van der Waals surface area (Å²) in [5.74, 6) is -1.57. The number of morpholine rings is 1. The van der Waals surface area contributed by atoms with Crippen molar-refractivity contribution in [3.8, 4) is 16.9 Å². The summed E-state index contributed by atoms with van der Waals surface area (Å²) in [7, 11) is 0. The minimum absolute atomic E-state index is 0.00401. The van der Waals surface area contributed by atoms with Crippen molar-refractivity contribution >= 4 is 23.3 Å². The molecule has 0 spiro atoms. The third-order valence-electron chi connectivity index (χ3n) is 5.21. The molecule has 188 valence electrons. The number of alkyl halides is 3. The molecule has 0 radical (unpaired) electrons. The molecule has 1 fully saturated rings. The highest BCUT2D eigenvalue weighted by Crippen LogP contribution is 2.31. The van der Waals surface area contributed by atoms with Crippen LogP contribution < -0.4 is 15.4 Å². The van der Waals surface area contributed by atoms with E-state index >= 15 is 0 Å². The Kier molecular flexibility index (Phi) is 7.76. The Labute approximate surface area is 204 Å². The molecule has 0 aliphatic carbocycles. The van der Waals surface area contributed by atoms with E-state index < -0.39 is 23.9 Å². The number of carbonyl (C=O) groups excluding carboxylic acids is 2. The first-order chi connectivity index (χ1) is 17.3. The second-order valence-corrected chi connectivity index (χ2v) is 7.82. The highest BCUT2D eigenvalue weighted by molar-refractivity contribution is 6.05. The molecule has 4 rings (SSSR count). The molecule has 1 aliphatic rings. The molecule has 0 saturated carbocycles. The number of nitrogens with one attached hydrogen (secondary N) is 2. The van der Waals surface area contributed by atoms with E-state index in [1.54, 1.807) is 41.7 Å². The van der Waals surface area contributed by atoms with E-state index in [-0.39, 0.29) is 23.6 Å². The van der Waals surface area contributed by atoms with Crippen LogP contribution in [0.15, 0.2) is 61.1 Å². The smallest absolute Gasteiger partial charge is 0.404 e. The largest absolute Gasteiger partial charge is 0.573 e. The van der Waals surface area contributed by atoms with E-state index in [1.807, 2.05) is 6.07 Å². The van der Waals surface area contributed by atoms with Crippen LogP contribution in [0.2, 0.25) is 0 Å². The van der Waals surface area contributed by atoms with E-state index in [1.165, 1.54) is 0 Å². The number of pyridine rings is 2. The van der Waals surface area contributed by atoms with Gasteiger partial charge in [-0.1, -0.05) is 6.07 Å². The number of halogens is 3. The van der Waals surface area contributed by atoms with Gasteiger partial charge in [-0.15, -0.1) is 13.2 Å². The predicted molar refractivity (Wildman–Crippen MR) is 124 cm³/mol. The molecule has 3 heterocycles. The summed E-state index contributed by atoms with van der Waals surface area (Å²) in [6.45, 7) is 1.92. The molecule has 2 N–H and O–H groups in total. The quantitative estimate of drug-likeness (QED) is 0.510. The number of carbonyl (C=O) groups is 2. The summed E-state index contributed by atoms with van der Waals surface area (Å²) in [6, 6.07) is 10.3. The summed E-state index contributed by atoms with van der Waals surface area (Å²) < 4.78 is 47.9. The zero-order chi connectivity index (χ0) is 25.5. The Morgan fingerprint density at radius 2 is 1.81 bits per heavy atom. The van der Waals surface area contributed by atoms with E-state index in [0.29, 0.717) is 26.3 Å². The number of nitrogens with zero attached hydrogens (tertiary/aromatic N) is 3. The van der Waals surface area contributed by atoms with E-state index in [9.17, 15) is 22.8 Å². The highest BCUT2D eigenvalue weighted by atomic mass is 19.4. The first-order valence-corrected chi connectivity index (χ1v) is 10.9. The van der Waals surface area contributed by atoms with Gasteiger partial charge >= 0.3 is 6.36 Å². The van der Waals surface area contributed by atoms with Gasteiger partial charge < -0.3 is 20.1 Å². The van der Waals surface area contributed by atoms with Crippen molar-refractivity contribution in [3.05, 3.63) is 66.6 Å². The lowest BCUT2D eigenvalue weighted by Gasteiger charge is -2.26. The Balaban J connectivity index is 1.48. The van der Waals surface area contributed by atoms with Crippen LogP contribution in [0.4, 0.5) is 24.7 Å². The lowest BCUT2D eigenvalue weighted by atomic mass is 10.1. The highest BCUT2D eigenvalue weighted by Gasteiger charge is 2.32. The van der Waals surface area contributed by atoms with Crippen molar-refractivity contribution < 1.29 is 32.2 Å². The average molecular weight is 501 g/mol. The van der Waals surface area contributed by atoms with Crippen molar-refractivity contribution in [1.82, 2.24) is 14.9 Å². The molecule has 12 heteroatoms. The van der Waals surface area contributed by atoms with Crippen LogP contribution in [-0.2, 0) is 9.53 Å². The molecule has 0 bridgehead atoms. The van der Waals surface area contributed by atoms with Crippen molar-refractivity contribution in [1.29, 1.82) is 0 Å². The first kappa shape index (κ1) is 25.1. The van der Waals surface area contributed by atoms with Crippen LogP contribution >= 0.6 is 0 Å². The van der Waals surface area contributed by atoms with Gasteiger partial charge in [-0.2, -0.15) is 0 Å². The summed E-state index contributed by atoms with van der Waals surface area (Å²) >= 11 is 0. The summed E-state index contributed by atoms with van der Waals surface area (Å²) in [4.78, 5) is 35.3. The Morgan fingerprint density at radius 1 is 1.03 bits per heavy atom. The standard InChI is InChI=1S/C24H22F3N5O4/c25-24(26,27)36-20-5-3-16(12-19(20)30-22(33)15-32-8-10-35-11-9-32)23(34)31-21-6-4-18(14-29-21)17-2-1-7-28-13-17/h1-7,12-14H,8-11,15H2,(H,30,33)(H,29,31,34). The first-order valence-electron chi connectivity index (χ1n) is 10.9. The van der Waals surface area contributed by atoms with Crippen LogP contribution in [0.1, 0.15) is 10.4 Å². The lowest BCUT2D eigenvalue weighted by Crippen LogP contribution is -2.41. The number of benzene rings is 1. The second-order valence-electron chi connectivity index (χ2n) is 7.82. The van der Waals surface area contributed by atoms with Gasteiger partial charge in [-0.25, -0.2) is 4.98 Å². The minimum Gasteiger partial charge on any atom is -0.404 e. The normalized spacial score (nSPS) is 14.2. The molecule has 1 saturated heterocycles. The summed E-state index contributed by atoms with van der Waals surface area (Å²) in [5.41, 5.74) is 1.36. The van der Waals surface area contributed by atoms with Crippen LogP contribution in [0, 0.1) is 0 Å². The van der Waals surface area contributed by atoms with Gasteiger partial charge in [0.05, 0.1) is 25.4 Å². The number of hydrogen-bond donors (Lipinski definition) is 2. The van der Waals surface area contributed by atoms with Crippen molar-refractivity contribution in [2.24, 2.45) is 0 Å². The SMILES string of the molecule is O=C(CN1CCOCC1)Nc1cc(C(=O)Nc2ccc(-c3cccnc3)cn2)ccc1OC(F)(F)F. The maximum absolute atomic E-state index is 12.9.